The van der Waals surface area contributed by atoms with Gasteiger partial charge in [-0.15, -0.1) is 0 Å². The second-order valence-corrected chi connectivity index (χ2v) is 4.10. The topological polar surface area (TPSA) is 64.1 Å². The summed E-state index contributed by atoms with van der Waals surface area (Å²) in [5, 5.41) is 2.77. The van der Waals surface area contributed by atoms with Gasteiger partial charge in [0.2, 0.25) is 16.4 Å². The number of aryl methyl sites for hydroxylation is 2. The van der Waals surface area contributed by atoms with Gasteiger partial charge in [0, 0.05) is 17.7 Å². The van der Waals surface area contributed by atoms with Crippen molar-refractivity contribution in [1.29, 1.82) is 0 Å². The molecule has 3 radical (unpaired) electrons. The Morgan fingerprint density at radius 1 is 1.22 bits per heavy atom. The Hall–Kier alpha value is -1.27. The van der Waals surface area contributed by atoms with Crippen molar-refractivity contribution in [2.24, 2.45) is 0 Å². The van der Waals surface area contributed by atoms with Crippen molar-refractivity contribution in [3.8, 4) is 0 Å². The molecule has 0 aliphatic carbocycles. The van der Waals surface area contributed by atoms with E-state index in [0.717, 1.165) is 36.3 Å². The molecule has 1 aromatic rings. The monoisotopic (exact) mass is 264 g/mol. The quantitative estimate of drug-likeness (QED) is 0.784. The van der Waals surface area contributed by atoms with E-state index in [4.69, 9.17) is 0 Å². The molecule has 0 fully saturated rings. The first-order valence-electron chi connectivity index (χ1n) is 6.13. The molecule has 0 saturated heterocycles. The van der Waals surface area contributed by atoms with Crippen LogP contribution in [0.15, 0.2) is 0 Å². The van der Waals surface area contributed by atoms with Crippen molar-refractivity contribution >= 4 is 22.2 Å². The highest BCUT2D eigenvalue weighted by molar-refractivity contribution is 6.00. The fraction of sp³-hybridized carbons (Fsp3) is 0.583. The molecule has 0 bridgehead atoms. The molecule has 1 N–H and O–H groups in total. The summed E-state index contributed by atoms with van der Waals surface area (Å²) in [7, 11) is 2.81. The summed E-state index contributed by atoms with van der Waals surface area (Å²) in [6.07, 6.45) is 2.36. The van der Waals surface area contributed by atoms with Crippen LogP contribution >= 0.6 is 0 Å². The number of carbonyl (C=O) groups excluding carboxylic acids is 1. The van der Waals surface area contributed by atoms with E-state index in [-0.39, 0.29) is 12.5 Å². The minimum absolute atomic E-state index is 0.0486. The van der Waals surface area contributed by atoms with Crippen LogP contribution in [0.1, 0.15) is 37.9 Å². The lowest BCUT2D eigenvalue weighted by atomic mass is 10.1. The Bertz CT molecular complexity index is 424. The van der Waals surface area contributed by atoms with Crippen molar-refractivity contribution in [2.75, 3.05) is 11.9 Å². The van der Waals surface area contributed by atoms with Crippen molar-refractivity contribution < 1.29 is 9.22 Å². The molecule has 97 valence electrons. The van der Waals surface area contributed by atoms with Gasteiger partial charge in [-0.3, -0.25) is 4.79 Å². The predicted octanol–water partition coefficient (Wildman–Crippen LogP) is 1.20. The summed E-state index contributed by atoms with van der Waals surface area (Å²) in [6, 6.07) is 0. The highest BCUT2D eigenvalue weighted by atomic mass is 28.2. The molecule has 0 spiro atoms. The SMILES string of the molecule is CCc1nc(CC)c(CC)c(NC(=O)CO[Si])n1. The molecule has 0 saturated carbocycles. The number of anilines is 1. The maximum Gasteiger partial charge on any atom is 0.250 e. The summed E-state index contributed by atoms with van der Waals surface area (Å²) in [5.74, 6) is 1.12. The molecule has 1 heterocycles. The zero-order valence-corrected chi connectivity index (χ0v) is 12.0. The van der Waals surface area contributed by atoms with Crippen LogP contribution in [0.25, 0.3) is 0 Å². The third-order valence-electron chi connectivity index (χ3n) is 2.60. The van der Waals surface area contributed by atoms with Gasteiger partial charge >= 0.3 is 0 Å². The van der Waals surface area contributed by atoms with Crippen LogP contribution in [-0.4, -0.2) is 33.0 Å². The van der Waals surface area contributed by atoms with E-state index in [9.17, 15) is 4.79 Å². The fourth-order valence-corrected chi connectivity index (χ4v) is 1.87. The van der Waals surface area contributed by atoms with Crippen LogP contribution in [-0.2, 0) is 28.5 Å². The number of nitrogens with one attached hydrogen (secondary N) is 1. The highest BCUT2D eigenvalue weighted by Gasteiger charge is 2.13. The number of hydrogen-bond donors (Lipinski definition) is 1. The zero-order chi connectivity index (χ0) is 13.5. The van der Waals surface area contributed by atoms with Gasteiger partial charge in [-0.05, 0) is 12.8 Å². The second kappa shape index (κ2) is 7.23. The molecule has 18 heavy (non-hydrogen) atoms. The van der Waals surface area contributed by atoms with Crippen molar-refractivity contribution in [2.45, 2.75) is 40.0 Å². The standard InChI is InChI=1S/C12H18N3O2Si/c1-4-8-9(5-2)13-10(6-3)14-12(8)15-11(16)7-17-18/h4-7H2,1-3H3,(H,13,14,15,16). The average Bonchev–Trinajstić information content (AvgIpc) is 2.37. The number of carbonyl (C=O) groups is 1. The summed E-state index contributed by atoms with van der Waals surface area (Å²) in [4.78, 5) is 20.4. The van der Waals surface area contributed by atoms with E-state index in [1.807, 2.05) is 20.8 Å². The van der Waals surface area contributed by atoms with Crippen LogP contribution in [0, 0.1) is 0 Å². The molecular weight excluding hydrogens is 246 g/mol. The van der Waals surface area contributed by atoms with Crippen molar-refractivity contribution in [3.63, 3.8) is 0 Å². The molecule has 6 heteroatoms. The van der Waals surface area contributed by atoms with E-state index >= 15 is 0 Å². The lowest BCUT2D eigenvalue weighted by molar-refractivity contribution is -0.118. The van der Waals surface area contributed by atoms with Crippen LogP contribution in [0.5, 0.6) is 0 Å². The summed E-state index contributed by atoms with van der Waals surface area (Å²) >= 11 is 0. The van der Waals surface area contributed by atoms with E-state index in [0.29, 0.717) is 5.82 Å². The number of aromatic nitrogens is 2. The van der Waals surface area contributed by atoms with E-state index in [1.54, 1.807) is 0 Å². The number of amides is 1. The molecule has 0 unspecified atom stereocenters. The zero-order valence-electron chi connectivity index (χ0n) is 11.0. The molecular formula is C12H18N3O2Si. The second-order valence-electron chi connectivity index (χ2n) is 3.81. The Morgan fingerprint density at radius 3 is 2.44 bits per heavy atom. The molecule has 0 aliphatic heterocycles. The van der Waals surface area contributed by atoms with Crippen LogP contribution in [0.3, 0.4) is 0 Å². The highest BCUT2D eigenvalue weighted by Crippen LogP contribution is 2.18. The van der Waals surface area contributed by atoms with Crippen LogP contribution in [0.4, 0.5) is 5.82 Å². The maximum atomic E-state index is 11.6. The molecule has 0 aliphatic rings. The Morgan fingerprint density at radius 2 is 1.94 bits per heavy atom. The fourth-order valence-electron chi connectivity index (χ4n) is 1.74. The third kappa shape index (κ3) is 3.61. The molecule has 0 atom stereocenters. The molecule has 1 rings (SSSR count). The van der Waals surface area contributed by atoms with Gasteiger partial charge in [-0.1, -0.05) is 20.8 Å². The summed E-state index contributed by atoms with van der Waals surface area (Å²) in [6.45, 7) is 6.02. The minimum Gasteiger partial charge on any atom is -0.409 e. The lowest BCUT2D eigenvalue weighted by Crippen LogP contribution is -2.21. The normalized spacial score (nSPS) is 10.4. The van der Waals surface area contributed by atoms with Gasteiger partial charge < -0.3 is 9.74 Å². The smallest absolute Gasteiger partial charge is 0.250 e. The first-order chi connectivity index (χ1) is 8.65. The first-order valence-corrected chi connectivity index (χ1v) is 6.54. The maximum absolute atomic E-state index is 11.6. The average molecular weight is 264 g/mol. The summed E-state index contributed by atoms with van der Waals surface area (Å²) in [5.41, 5.74) is 2.00. The number of rotatable bonds is 6. The molecule has 0 aromatic carbocycles. The Balaban J connectivity index is 3.10. The van der Waals surface area contributed by atoms with E-state index < -0.39 is 0 Å². The Kier molecular flexibility index (Phi) is 5.94. The van der Waals surface area contributed by atoms with Crippen molar-refractivity contribution in [3.05, 3.63) is 17.1 Å². The molecule has 5 nitrogen and oxygen atoms in total. The first kappa shape index (κ1) is 14.8. The molecule has 1 aromatic heterocycles. The minimum atomic E-state index is -0.234. The van der Waals surface area contributed by atoms with Gasteiger partial charge in [0.05, 0.1) is 0 Å². The predicted molar refractivity (Wildman–Crippen MR) is 70.5 cm³/mol. The van der Waals surface area contributed by atoms with Crippen LogP contribution < -0.4 is 5.32 Å². The summed E-state index contributed by atoms with van der Waals surface area (Å²) < 4.78 is 4.61. The largest absolute Gasteiger partial charge is 0.409 e. The van der Waals surface area contributed by atoms with Gasteiger partial charge in [0.15, 0.2) is 0 Å². The van der Waals surface area contributed by atoms with Gasteiger partial charge in [0.1, 0.15) is 18.2 Å². The van der Waals surface area contributed by atoms with Gasteiger partial charge in [-0.2, -0.15) is 0 Å². The number of hydrogen-bond acceptors (Lipinski definition) is 4. The number of nitrogens with zero attached hydrogens (tertiary/aromatic N) is 2. The molecule has 1 amide bonds. The Labute approximate surface area is 111 Å². The van der Waals surface area contributed by atoms with Crippen LogP contribution in [0.2, 0.25) is 0 Å². The van der Waals surface area contributed by atoms with E-state index in [2.05, 4.69) is 30.2 Å². The van der Waals surface area contributed by atoms with Crippen molar-refractivity contribution in [1.82, 2.24) is 9.97 Å². The van der Waals surface area contributed by atoms with E-state index in [1.165, 1.54) is 0 Å². The lowest BCUT2D eigenvalue weighted by Gasteiger charge is -2.13. The van der Waals surface area contributed by atoms with Gasteiger partial charge in [0.25, 0.3) is 0 Å². The van der Waals surface area contributed by atoms with Gasteiger partial charge in [-0.25, -0.2) is 9.97 Å². The third-order valence-corrected chi connectivity index (χ3v) is 2.75.